The molecular formula is C17H16Cl2N4O2. The molecule has 1 aromatic heterocycles. The first-order chi connectivity index (χ1) is 12.0. The van der Waals surface area contributed by atoms with E-state index in [2.05, 4.69) is 20.2 Å². The van der Waals surface area contributed by atoms with Crippen molar-refractivity contribution in [3.05, 3.63) is 46.3 Å². The summed E-state index contributed by atoms with van der Waals surface area (Å²) >= 11 is 11.8. The molecule has 8 heteroatoms. The molecule has 0 spiro atoms. The van der Waals surface area contributed by atoms with E-state index in [0.29, 0.717) is 16.9 Å². The van der Waals surface area contributed by atoms with E-state index in [1.54, 1.807) is 18.6 Å². The summed E-state index contributed by atoms with van der Waals surface area (Å²) in [5, 5.41) is 13.4. The molecule has 1 saturated carbocycles. The molecule has 130 valence electrons. The molecule has 2 atom stereocenters. The molecule has 2 N–H and O–H groups in total. The van der Waals surface area contributed by atoms with Crippen molar-refractivity contribution >= 4 is 34.9 Å². The average molecular weight is 379 g/mol. The Hall–Kier alpha value is -2.05. The first kappa shape index (κ1) is 16.4. The maximum Gasteiger partial charge on any atom is 0.255 e. The lowest BCUT2D eigenvalue weighted by atomic mass is 9.66. The van der Waals surface area contributed by atoms with Crippen molar-refractivity contribution < 1.29 is 9.90 Å². The summed E-state index contributed by atoms with van der Waals surface area (Å²) in [6.07, 6.45) is 6.16. The van der Waals surface area contributed by atoms with Gasteiger partial charge in [-0.05, 0) is 30.4 Å². The maximum absolute atomic E-state index is 12.5. The zero-order chi connectivity index (χ0) is 17.6. The minimum absolute atomic E-state index is 0.0697. The number of aromatic nitrogens is 2. The molecule has 3 fully saturated rings. The van der Waals surface area contributed by atoms with Crippen LogP contribution in [0.2, 0.25) is 10.0 Å². The summed E-state index contributed by atoms with van der Waals surface area (Å²) in [7, 11) is 0. The van der Waals surface area contributed by atoms with Crippen molar-refractivity contribution in [1.29, 1.82) is 0 Å². The number of phenols is 1. The number of piperidine rings is 2. The molecule has 3 aliphatic rings. The molecule has 1 aliphatic carbocycles. The van der Waals surface area contributed by atoms with Crippen LogP contribution < -0.4 is 10.2 Å². The molecule has 2 aliphatic heterocycles. The minimum atomic E-state index is -0.352. The van der Waals surface area contributed by atoms with Crippen LogP contribution in [0.5, 0.6) is 5.75 Å². The van der Waals surface area contributed by atoms with Crippen LogP contribution in [0.4, 0.5) is 5.82 Å². The highest BCUT2D eigenvalue weighted by atomic mass is 35.5. The number of phenolic OH excluding ortho intramolecular Hbond substituents is 1. The topological polar surface area (TPSA) is 78.4 Å². The lowest BCUT2D eigenvalue weighted by Crippen LogP contribution is -2.64. The zero-order valence-electron chi connectivity index (χ0n) is 13.2. The molecule has 1 aromatic carbocycles. The molecule has 2 unspecified atom stereocenters. The van der Waals surface area contributed by atoms with Crippen molar-refractivity contribution in [2.45, 2.75) is 12.5 Å². The zero-order valence-corrected chi connectivity index (χ0v) is 14.7. The predicted octanol–water partition coefficient (Wildman–Crippen LogP) is 2.74. The predicted molar refractivity (Wildman–Crippen MR) is 95.2 cm³/mol. The number of hydrogen-bond acceptors (Lipinski definition) is 5. The summed E-state index contributed by atoms with van der Waals surface area (Å²) in [4.78, 5) is 23.2. The normalized spacial score (nSPS) is 24.6. The fourth-order valence-electron chi connectivity index (χ4n) is 3.73. The van der Waals surface area contributed by atoms with Crippen LogP contribution in [0.3, 0.4) is 0 Å². The van der Waals surface area contributed by atoms with E-state index < -0.39 is 0 Å². The van der Waals surface area contributed by atoms with E-state index in [1.807, 2.05) is 0 Å². The molecular weight excluding hydrogens is 363 g/mol. The van der Waals surface area contributed by atoms with Crippen LogP contribution in [-0.2, 0) is 0 Å². The van der Waals surface area contributed by atoms with Gasteiger partial charge in [0.2, 0.25) is 0 Å². The van der Waals surface area contributed by atoms with Gasteiger partial charge in [-0.15, -0.1) is 0 Å². The summed E-state index contributed by atoms with van der Waals surface area (Å²) in [6.45, 7) is 1.64. The molecule has 2 aromatic rings. The fourth-order valence-corrected chi connectivity index (χ4v) is 4.23. The van der Waals surface area contributed by atoms with Gasteiger partial charge < -0.3 is 15.3 Å². The standard InChI is InChI=1S/C17H16Cl2N4O2/c18-11-4-12(16(24)13(19)5-11)17(25)22-15-9-3-10(15)8-23(7-9)14-6-20-1-2-21-14/h1-2,4-6,9-10,15,24H,3,7-8H2,(H,22,25). The molecule has 3 heterocycles. The Labute approximate surface area is 154 Å². The highest BCUT2D eigenvalue weighted by molar-refractivity contribution is 6.36. The molecule has 1 amide bonds. The van der Waals surface area contributed by atoms with Gasteiger partial charge in [0.25, 0.3) is 5.91 Å². The summed E-state index contributed by atoms with van der Waals surface area (Å²) in [6, 6.07) is 2.92. The summed E-state index contributed by atoms with van der Waals surface area (Å²) in [5.41, 5.74) is 0.105. The lowest BCUT2D eigenvalue weighted by Gasteiger charge is -2.53. The van der Waals surface area contributed by atoms with E-state index in [1.165, 1.54) is 12.1 Å². The van der Waals surface area contributed by atoms with Crippen LogP contribution in [-0.4, -0.2) is 40.1 Å². The van der Waals surface area contributed by atoms with Crippen molar-refractivity contribution in [3.8, 4) is 5.75 Å². The van der Waals surface area contributed by atoms with E-state index in [-0.39, 0.29) is 28.3 Å². The molecule has 0 radical (unpaired) electrons. The van der Waals surface area contributed by atoms with Gasteiger partial charge in [-0.1, -0.05) is 23.2 Å². The van der Waals surface area contributed by atoms with Gasteiger partial charge in [0.15, 0.2) is 0 Å². The van der Waals surface area contributed by atoms with E-state index >= 15 is 0 Å². The Morgan fingerprint density at radius 1 is 1.24 bits per heavy atom. The number of nitrogens with one attached hydrogen (secondary N) is 1. The Morgan fingerprint density at radius 2 is 2.00 bits per heavy atom. The van der Waals surface area contributed by atoms with Crippen LogP contribution in [0.25, 0.3) is 0 Å². The monoisotopic (exact) mass is 378 g/mol. The second-order valence-electron chi connectivity index (χ2n) is 6.51. The highest BCUT2D eigenvalue weighted by Gasteiger charge is 2.47. The molecule has 2 bridgehead atoms. The third-order valence-corrected chi connectivity index (χ3v) is 5.48. The van der Waals surface area contributed by atoms with Gasteiger partial charge in [-0.2, -0.15) is 0 Å². The summed E-state index contributed by atoms with van der Waals surface area (Å²) in [5.74, 6) is 0.966. The van der Waals surface area contributed by atoms with Gasteiger partial charge in [0, 0.05) is 36.5 Å². The number of amides is 1. The van der Waals surface area contributed by atoms with E-state index in [9.17, 15) is 9.90 Å². The largest absolute Gasteiger partial charge is 0.506 e. The SMILES string of the molecule is O=C(NC1C2CC1CN(c1cnccn1)C2)c1cc(Cl)cc(Cl)c1O. The van der Waals surface area contributed by atoms with Crippen LogP contribution in [0, 0.1) is 11.8 Å². The number of hydrogen-bond donors (Lipinski definition) is 2. The fraction of sp³-hybridized carbons (Fsp3) is 0.353. The van der Waals surface area contributed by atoms with Gasteiger partial charge in [-0.3, -0.25) is 9.78 Å². The molecule has 25 heavy (non-hydrogen) atoms. The number of benzene rings is 1. The number of nitrogens with zero attached hydrogens (tertiary/aromatic N) is 3. The van der Waals surface area contributed by atoms with Crippen LogP contribution in [0.15, 0.2) is 30.7 Å². The lowest BCUT2D eigenvalue weighted by molar-refractivity contribution is 0.0638. The Bertz CT molecular complexity index is 806. The number of fused-ring (bicyclic) bond motifs is 2. The van der Waals surface area contributed by atoms with Crippen LogP contribution in [0.1, 0.15) is 16.8 Å². The van der Waals surface area contributed by atoms with Gasteiger partial charge in [-0.25, -0.2) is 4.98 Å². The van der Waals surface area contributed by atoms with E-state index in [4.69, 9.17) is 23.2 Å². The molecule has 5 rings (SSSR count). The second kappa shape index (κ2) is 6.35. The van der Waals surface area contributed by atoms with Crippen molar-refractivity contribution in [3.63, 3.8) is 0 Å². The van der Waals surface area contributed by atoms with Crippen molar-refractivity contribution in [2.75, 3.05) is 18.0 Å². The smallest absolute Gasteiger partial charge is 0.255 e. The molecule has 2 saturated heterocycles. The highest BCUT2D eigenvalue weighted by Crippen LogP contribution is 2.41. The van der Waals surface area contributed by atoms with Crippen molar-refractivity contribution in [2.24, 2.45) is 11.8 Å². The number of aromatic hydroxyl groups is 1. The Kier molecular flexibility index (Phi) is 4.17. The first-order valence-corrected chi connectivity index (χ1v) is 8.78. The van der Waals surface area contributed by atoms with Gasteiger partial charge >= 0.3 is 0 Å². The first-order valence-electron chi connectivity index (χ1n) is 8.03. The van der Waals surface area contributed by atoms with Gasteiger partial charge in [0.1, 0.15) is 11.6 Å². The van der Waals surface area contributed by atoms with Crippen LogP contribution >= 0.6 is 23.2 Å². The van der Waals surface area contributed by atoms with E-state index in [0.717, 1.165) is 25.3 Å². The number of carbonyl (C=O) groups excluding carboxylic acids is 1. The Morgan fingerprint density at radius 3 is 2.68 bits per heavy atom. The van der Waals surface area contributed by atoms with Gasteiger partial charge in [0.05, 0.1) is 16.8 Å². The summed E-state index contributed by atoms with van der Waals surface area (Å²) < 4.78 is 0. The molecule has 6 nitrogen and oxygen atoms in total. The van der Waals surface area contributed by atoms with Crippen molar-refractivity contribution in [1.82, 2.24) is 15.3 Å². The quantitative estimate of drug-likeness (QED) is 0.858. The third-order valence-electron chi connectivity index (χ3n) is 4.98. The number of carbonyl (C=O) groups is 1. The third kappa shape index (κ3) is 3.00. The number of rotatable bonds is 3. The second-order valence-corrected chi connectivity index (χ2v) is 7.35. The Balaban J connectivity index is 1.45. The maximum atomic E-state index is 12.5. The number of anilines is 1. The minimum Gasteiger partial charge on any atom is -0.506 e. The number of halogens is 2. The average Bonchev–Trinajstić information content (AvgIpc) is 2.63.